The molecule has 0 aromatic heterocycles. The van der Waals surface area contributed by atoms with Gasteiger partial charge in [-0.05, 0) is 11.0 Å². The average molecular weight is 180 g/mol. The van der Waals surface area contributed by atoms with Crippen molar-refractivity contribution in [3.8, 4) is 0 Å². The summed E-state index contributed by atoms with van der Waals surface area (Å²) in [6, 6.07) is 0. The maximum Gasteiger partial charge on any atom is 1.00 e. The third-order valence-electron chi connectivity index (χ3n) is 0. The molecule has 0 saturated heterocycles. The Morgan fingerprint density at radius 2 is 0.750 bits per heavy atom. The van der Waals surface area contributed by atoms with Crippen LogP contribution < -0.4 is 103 Å². The van der Waals surface area contributed by atoms with Gasteiger partial charge in [0.05, 0.1) is 0 Å². The molecule has 0 heterocycles. The van der Waals surface area contributed by atoms with Crippen LogP contribution in [-0.4, -0.2) is 11.0 Å². The van der Waals surface area contributed by atoms with Crippen molar-refractivity contribution < 1.29 is 103 Å². The van der Waals surface area contributed by atoms with Gasteiger partial charge in [-0.15, -0.1) is 0 Å². The van der Waals surface area contributed by atoms with Gasteiger partial charge in [0.25, 0.3) is 0 Å². The van der Waals surface area contributed by atoms with E-state index in [9.17, 15) is 0 Å². The maximum absolute atomic E-state index is 8.48. The number of hydrogen-bond acceptors (Lipinski definition) is 3. The first kappa shape index (κ1) is 30.0. The van der Waals surface area contributed by atoms with E-state index in [0.29, 0.717) is 0 Å². The molecule has 0 aliphatic carbocycles. The van der Waals surface area contributed by atoms with Crippen LogP contribution in [0.2, 0.25) is 0 Å². The van der Waals surface area contributed by atoms with Crippen LogP contribution in [-0.2, 0) is 0 Å². The fraction of sp³-hybridized carbons (Fsp3) is 0. The van der Waals surface area contributed by atoms with Crippen LogP contribution >= 0.6 is 8.60 Å². The Kier molecular flexibility index (Phi) is 84.1. The van der Waals surface area contributed by atoms with Crippen LogP contribution in [0.15, 0.2) is 0 Å². The summed E-state index contributed by atoms with van der Waals surface area (Å²) in [4.78, 5) is 25.4. The molecule has 8 heavy (non-hydrogen) atoms. The summed E-state index contributed by atoms with van der Waals surface area (Å²) in [5.74, 6) is 0. The first-order valence-corrected chi connectivity index (χ1v) is 1.64. The van der Waals surface area contributed by atoms with Gasteiger partial charge in [-0.1, -0.05) is 0 Å². The molecule has 0 amide bonds. The molecule has 8 heteroatoms. The molecule has 0 rings (SSSR count). The molecule has 0 spiro atoms. The van der Waals surface area contributed by atoms with Crippen LogP contribution in [0.25, 0.3) is 0 Å². The Bertz CT molecular complexity index is 19.2. The minimum atomic E-state index is -3.37. The summed E-state index contributed by atoms with van der Waals surface area (Å²) in [5, 5.41) is 0. The molecular formula is H4Na3O3PSi. The molecule has 0 aliphatic heterocycles. The van der Waals surface area contributed by atoms with E-state index in [1.54, 1.807) is 0 Å². The predicted molar refractivity (Wildman–Crippen MR) is 18.3 cm³/mol. The second kappa shape index (κ2) is 22.4. The van der Waals surface area contributed by atoms with Crippen molar-refractivity contribution >= 4 is 19.6 Å². The van der Waals surface area contributed by atoms with Gasteiger partial charge in [-0.3, -0.25) is 0 Å². The van der Waals surface area contributed by atoms with Crippen molar-refractivity contribution in [1.82, 2.24) is 0 Å². The summed E-state index contributed by atoms with van der Waals surface area (Å²) in [6.45, 7) is 0. The van der Waals surface area contributed by atoms with E-state index in [1.165, 1.54) is 0 Å². The number of rotatable bonds is 0. The van der Waals surface area contributed by atoms with Crippen LogP contribution in [0.4, 0.5) is 0 Å². The third-order valence-corrected chi connectivity index (χ3v) is 0. The molecule has 0 bridgehead atoms. The van der Waals surface area contributed by atoms with Gasteiger partial charge >= 0.3 is 88.7 Å². The Hall–Kier alpha value is 3.53. The van der Waals surface area contributed by atoms with Crippen molar-refractivity contribution in [3.05, 3.63) is 0 Å². The van der Waals surface area contributed by atoms with Crippen LogP contribution in [0.5, 0.6) is 0 Å². The molecule has 0 unspecified atom stereocenters. The molecule has 3 nitrogen and oxygen atoms in total. The van der Waals surface area contributed by atoms with Crippen molar-refractivity contribution in [2.75, 3.05) is 0 Å². The van der Waals surface area contributed by atoms with Gasteiger partial charge in [-0.2, -0.15) is 0 Å². The van der Waals surface area contributed by atoms with E-state index in [0.717, 1.165) is 0 Å². The molecular weight excluding hydrogens is 176 g/mol. The first-order chi connectivity index (χ1) is 1.73. The van der Waals surface area contributed by atoms with E-state index < -0.39 is 8.60 Å². The largest absolute Gasteiger partial charge is 1.00 e. The van der Waals surface area contributed by atoms with E-state index >= 15 is 0 Å². The van der Waals surface area contributed by atoms with Crippen LogP contribution in [0, 0.1) is 0 Å². The Morgan fingerprint density at radius 1 is 0.750 bits per heavy atom. The molecule has 0 N–H and O–H groups in total. The summed E-state index contributed by atoms with van der Waals surface area (Å²) in [6.07, 6.45) is 0. The summed E-state index contributed by atoms with van der Waals surface area (Å²) in [7, 11) is -3.37. The van der Waals surface area contributed by atoms with Gasteiger partial charge in [0, 0.05) is 0 Å². The van der Waals surface area contributed by atoms with Crippen molar-refractivity contribution in [3.63, 3.8) is 0 Å². The summed E-state index contributed by atoms with van der Waals surface area (Å²) in [5.41, 5.74) is 0. The van der Waals surface area contributed by atoms with Gasteiger partial charge in [0.2, 0.25) is 0 Å². The van der Waals surface area contributed by atoms with Crippen molar-refractivity contribution in [1.29, 1.82) is 0 Å². The van der Waals surface area contributed by atoms with Gasteiger partial charge in [0.15, 0.2) is 0 Å². The molecule has 0 radical (unpaired) electrons. The van der Waals surface area contributed by atoms with Crippen molar-refractivity contribution in [2.45, 2.75) is 0 Å². The zero-order valence-electron chi connectivity index (χ0n) is 4.67. The minimum absolute atomic E-state index is 0. The normalized spacial score (nSPS) is 4.50. The monoisotopic (exact) mass is 180 g/mol. The average Bonchev–Trinajstić information content (AvgIpc) is 0.811. The van der Waals surface area contributed by atoms with Crippen LogP contribution in [0.3, 0.4) is 0 Å². The second-order valence-corrected chi connectivity index (χ2v) is 0.671. The van der Waals surface area contributed by atoms with Crippen LogP contribution in [0.1, 0.15) is 0 Å². The Balaban J connectivity index is -0.00000000750. The molecule has 0 fully saturated rings. The Labute approximate surface area is 121 Å². The van der Waals surface area contributed by atoms with E-state index in [1.807, 2.05) is 0 Å². The maximum atomic E-state index is 8.48. The fourth-order valence-electron chi connectivity index (χ4n) is 0. The SMILES string of the molecule is [Na+].[Na+].[Na+].[O-]P([O-])[O-].[SiH4]. The minimum Gasteiger partial charge on any atom is -0.854 e. The Morgan fingerprint density at radius 3 is 0.750 bits per heavy atom. The second-order valence-electron chi connectivity index (χ2n) is 0.224. The topological polar surface area (TPSA) is 69.2 Å². The van der Waals surface area contributed by atoms with Gasteiger partial charge in [0.1, 0.15) is 0 Å². The first-order valence-electron chi connectivity index (χ1n) is 0.548. The molecule has 0 aromatic rings. The van der Waals surface area contributed by atoms with Gasteiger partial charge in [-0.25, -0.2) is 0 Å². The molecule has 0 atom stereocenters. The van der Waals surface area contributed by atoms with E-state index in [-0.39, 0.29) is 99.6 Å². The van der Waals surface area contributed by atoms with E-state index in [4.69, 9.17) is 14.7 Å². The van der Waals surface area contributed by atoms with Crippen molar-refractivity contribution in [2.24, 2.45) is 0 Å². The summed E-state index contributed by atoms with van der Waals surface area (Å²) >= 11 is 0. The third kappa shape index (κ3) is 55.7. The molecule has 0 saturated carbocycles. The van der Waals surface area contributed by atoms with E-state index in [2.05, 4.69) is 0 Å². The standard InChI is InChI=1S/3Na.O3P.H4Si/c;;;1-4(2)3;/h;;;;1H4/q3*+1;-3;. The predicted octanol–water partition coefficient (Wildman–Crippen LogP) is -13.1. The molecule has 34 valence electrons. The molecule has 0 aromatic carbocycles. The zero-order chi connectivity index (χ0) is 3.58. The molecule has 0 aliphatic rings. The quantitative estimate of drug-likeness (QED) is 0.274. The fourth-order valence-corrected chi connectivity index (χ4v) is 0. The smallest absolute Gasteiger partial charge is 0.854 e. The summed E-state index contributed by atoms with van der Waals surface area (Å²) < 4.78 is 0. The number of hydrogen-bond donors (Lipinski definition) is 0. The zero-order valence-corrected chi connectivity index (χ0v) is 11.6. The van der Waals surface area contributed by atoms with Gasteiger partial charge < -0.3 is 23.3 Å².